The van der Waals surface area contributed by atoms with E-state index >= 15 is 0 Å². The van der Waals surface area contributed by atoms with E-state index in [4.69, 9.17) is 22.1 Å². The summed E-state index contributed by atoms with van der Waals surface area (Å²) < 4.78 is 5.31. The summed E-state index contributed by atoms with van der Waals surface area (Å²) >= 11 is 6.07. The average Bonchev–Trinajstić information content (AvgIpc) is 2.74. The van der Waals surface area contributed by atoms with Crippen molar-refractivity contribution in [3.8, 4) is 5.75 Å². The number of carbonyl (C=O) groups is 2. The zero-order valence-electron chi connectivity index (χ0n) is 16.8. The van der Waals surface area contributed by atoms with Gasteiger partial charge in [-0.2, -0.15) is 0 Å². The molecule has 2 aromatic rings. The molecule has 30 heavy (non-hydrogen) atoms. The Labute approximate surface area is 180 Å². The molecule has 0 aromatic heterocycles. The minimum Gasteiger partial charge on any atom is -0.497 e. The number of fused-ring (bicyclic) bond motifs is 1. The molecule has 0 spiro atoms. The number of halogens is 1. The summed E-state index contributed by atoms with van der Waals surface area (Å²) in [5.74, 6) is -1.60. The third kappa shape index (κ3) is 3.55. The molecule has 4 rings (SSSR count). The van der Waals surface area contributed by atoms with Crippen molar-refractivity contribution >= 4 is 23.5 Å². The van der Waals surface area contributed by atoms with Crippen molar-refractivity contribution in [1.82, 2.24) is 4.90 Å². The van der Waals surface area contributed by atoms with Gasteiger partial charge in [0.2, 0.25) is 0 Å². The molecule has 3 N–H and O–H groups in total. The SMILES string of the molecule is COc1ccc2c(c1)[C@@H](C(=O)O)[C@H](c1ccc(Cl)cc1)N([C@H]1CCCC[C@@H]1N)C2=O. The minimum atomic E-state index is -0.994. The van der Waals surface area contributed by atoms with Crippen LogP contribution in [0, 0.1) is 0 Å². The predicted octanol–water partition coefficient (Wildman–Crippen LogP) is 3.98. The summed E-state index contributed by atoms with van der Waals surface area (Å²) in [6.45, 7) is 0. The molecule has 158 valence electrons. The molecule has 1 heterocycles. The monoisotopic (exact) mass is 428 g/mol. The third-order valence-corrected chi connectivity index (χ3v) is 6.54. The molecule has 0 radical (unpaired) electrons. The molecule has 7 heteroatoms. The third-order valence-electron chi connectivity index (χ3n) is 6.29. The summed E-state index contributed by atoms with van der Waals surface area (Å²) in [7, 11) is 1.52. The number of methoxy groups -OCH3 is 1. The maximum atomic E-state index is 13.7. The van der Waals surface area contributed by atoms with Gasteiger partial charge >= 0.3 is 5.97 Å². The predicted molar refractivity (Wildman–Crippen MR) is 114 cm³/mol. The van der Waals surface area contributed by atoms with Crippen LogP contribution in [-0.2, 0) is 4.79 Å². The Morgan fingerprint density at radius 1 is 1.17 bits per heavy atom. The Morgan fingerprint density at radius 3 is 2.50 bits per heavy atom. The zero-order valence-corrected chi connectivity index (χ0v) is 17.5. The Morgan fingerprint density at radius 2 is 1.87 bits per heavy atom. The Bertz CT molecular complexity index is 962. The number of nitrogens with zero attached hydrogens (tertiary/aromatic N) is 1. The molecular weight excluding hydrogens is 404 g/mol. The van der Waals surface area contributed by atoms with Gasteiger partial charge in [-0.05, 0) is 54.3 Å². The van der Waals surface area contributed by atoms with Crippen molar-refractivity contribution in [2.24, 2.45) is 5.73 Å². The summed E-state index contributed by atoms with van der Waals surface area (Å²) in [4.78, 5) is 28.0. The number of carbonyl (C=O) groups excluding carboxylic acids is 1. The second-order valence-electron chi connectivity index (χ2n) is 7.99. The minimum absolute atomic E-state index is 0.188. The smallest absolute Gasteiger partial charge is 0.313 e. The Kier molecular flexibility index (Phi) is 5.71. The number of nitrogens with two attached hydrogens (primary N) is 1. The lowest BCUT2D eigenvalue weighted by Crippen LogP contribution is -2.56. The summed E-state index contributed by atoms with van der Waals surface area (Å²) in [6, 6.07) is 11.0. The number of rotatable bonds is 4. The van der Waals surface area contributed by atoms with Crippen LogP contribution < -0.4 is 10.5 Å². The summed E-state index contributed by atoms with van der Waals surface area (Å²) in [5, 5.41) is 10.8. The van der Waals surface area contributed by atoms with Crippen LogP contribution in [0.1, 0.15) is 59.1 Å². The largest absolute Gasteiger partial charge is 0.497 e. The highest BCUT2D eigenvalue weighted by molar-refractivity contribution is 6.30. The van der Waals surface area contributed by atoms with Gasteiger partial charge in [0.05, 0.1) is 13.2 Å². The van der Waals surface area contributed by atoms with E-state index in [1.807, 2.05) is 0 Å². The molecular formula is C23H25ClN2O4. The van der Waals surface area contributed by atoms with Crippen molar-refractivity contribution in [1.29, 1.82) is 0 Å². The maximum absolute atomic E-state index is 13.7. The van der Waals surface area contributed by atoms with E-state index in [1.165, 1.54) is 7.11 Å². The Hall–Kier alpha value is -2.57. The van der Waals surface area contributed by atoms with E-state index in [2.05, 4.69) is 0 Å². The molecule has 1 saturated carbocycles. The van der Waals surface area contributed by atoms with Gasteiger partial charge < -0.3 is 20.5 Å². The van der Waals surface area contributed by atoms with Crippen molar-refractivity contribution in [2.45, 2.75) is 49.7 Å². The van der Waals surface area contributed by atoms with E-state index < -0.39 is 17.9 Å². The van der Waals surface area contributed by atoms with Gasteiger partial charge in [0, 0.05) is 22.7 Å². The number of ether oxygens (including phenoxy) is 1. The maximum Gasteiger partial charge on any atom is 0.313 e. The fraction of sp³-hybridized carbons (Fsp3) is 0.391. The van der Waals surface area contributed by atoms with Gasteiger partial charge in [-0.15, -0.1) is 0 Å². The van der Waals surface area contributed by atoms with Crippen molar-refractivity contribution in [2.75, 3.05) is 7.11 Å². The molecule has 4 atom stereocenters. The standard InChI is InChI=1S/C23H25ClN2O4/c1-30-15-10-11-16-17(12-15)20(23(28)29)21(13-6-8-14(24)9-7-13)26(22(16)27)19-5-3-2-4-18(19)25/h6-12,18-21H,2-5,25H2,1H3,(H,28,29)/t18-,19-,20+,21-/m0/s1. The number of carboxylic acid groups (broad SMARTS) is 1. The van der Waals surface area contributed by atoms with E-state index in [0.29, 0.717) is 21.9 Å². The highest BCUT2D eigenvalue weighted by Gasteiger charge is 2.48. The first kappa shape index (κ1) is 20.7. The topological polar surface area (TPSA) is 92.9 Å². The normalized spacial score (nSPS) is 26.2. The zero-order chi connectivity index (χ0) is 21.4. The second kappa shape index (κ2) is 8.28. The molecule has 1 aliphatic carbocycles. The van der Waals surface area contributed by atoms with Gasteiger partial charge in [0.15, 0.2) is 0 Å². The van der Waals surface area contributed by atoms with Crippen molar-refractivity contribution in [3.05, 3.63) is 64.2 Å². The van der Waals surface area contributed by atoms with Crippen molar-refractivity contribution in [3.63, 3.8) is 0 Å². The van der Waals surface area contributed by atoms with Crippen LogP contribution in [0.5, 0.6) is 5.75 Å². The lowest BCUT2D eigenvalue weighted by molar-refractivity contribution is -0.141. The van der Waals surface area contributed by atoms with Crippen LogP contribution in [-0.4, -0.2) is 41.1 Å². The summed E-state index contributed by atoms with van der Waals surface area (Å²) in [6.07, 6.45) is 3.55. The van der Waals surface area contributed by atoms with E-state index in [-0.39, 0.29) is 18.0 Å². The van der Waals surface area contributed by atoms with Crippen LogP contribution >= 0.6 is 11.6 Å². The van der Waals surface area contributed by atoms with Crippen LogP contribution in [0.25, 0.3) is 0 Å². The first-order valence-electron chi connectivity index (χ1n) is 10.2. The van der Waals surface area contributed by atoms with Gasteiger partial charge in [-0.1, -0.05) is 36.6 Å². The molecule has 2 aliphatic rings. The van der Waals surface area contributed by atoms with E-state index in [9.17, 15) is 14.7 Å². The Balaban J connectivity index is 1.92. The fourth-order valence-electron chi connectivity index (χ4n) is 4.84. The van der Waals surface area contributed by atoms with Crippen LogP contribution in [0.3, 0.4) is 0 Å². The number of hydrogen-bond donors (Lipinski definition) is 2. The highest BCUT2D eigenvalue weighted by atomic mass is 35.5. The molecule has 0 unspecified atom stereocenters. The number of amides is 1. The molecule has 1 amide bonds. The molecule has 0 bridgehead atoms. The number of carboxylic acids is 1. The quantitative estimate of drug-likeness (QED) is 0.768. The first-order chi connectivity index (χ1) is 14.4. The van der Waals surface area contributed by atoms with Gasteiger partial charge in [-0.3, -0.25) is 9.59 Å². The van der Waals surface area contributed by atoms with Crippen LogP contribution in [0.2, 0.25) is 5.02 Å². The van der Waals surface area contributed by atoms with Crippen LogP contribution in [0.15, 0.2) is 42.5 Å². The van der Waals surface area contributed by atoms with Gasteiger partial charge in [-0.25, -0.2) is 0 Å². The van der Waals surface area contributed by atoms with Gasteiger partial charge in [0.1, 0.15) is 11.7 Å². The van der Waals surface area contributed by atoms with Gasteiger partial charge in [0.25, 0.3) is 5.91 Å². The van der Waals surface area contributed by atoms with Crippen molar-refractivity contribution < 1.29 is 19.4 Å². The number of hydrogen-bond acceptors (Lipinski definition) is 4. The first-order valence-corrected chi connectivity index (χ1v) is 10.5. The lowest BCUT2D eigenvalue weighted by atomic mass is 9.77. The molecule has 1 aliphatic heterocycles. The molecule has 2 aromatic carbocycles. The molecule has 1 fully saturated rings. The molecule has 6 nitrogen and oxygen atoms in total. The lowest BCUT2D eigenvalue weighted by Gasteiger charge is -2.48. The number of aliphatic carboxylic acids is 1. The number of benzene rings is 2. The van der Waals surface area contributed by atoms with E-state index in [0.717, 1.165) is 31.2 Å². The fourth-order valence-corrected chi connectivity index (χ4v) is 4.97. The summed E-state index contributed by atoms with van der Waals surface area (Å²) in [5.41, 5.74) is 8.03. The average molecular weight is 429 g/mol. The van der Waals surface area contributed by atoms with E-state index in [1.54, 1.807) is 47.4 Å². The van der Waals surface area contributed by atoms with Crippen LogP contribution in [0.4, 0.5) is 0 Å². The molecule has 0 saturated heterocycles. The second-order valence-corrected chi connectivity index (χ2v) is 8.43. The highest BCUT2D eigenvalue weighted by Crippen LogP contribution is 2.46.